The van der Waals surface area contributed by atoms with Crippen LogP contribution in [0.2, 0.25) is 0 Å². The first-order valence-electron chi connectivity index (χ1n) is 6.21. The molecule has 1 heterocycles. The second-order valence-corrected chi connectivity index (χ2v) is 5.54. The van der Waals surface area contributed by atoms with Crippen LogP contribution in [-0.2, 0) is 0 Å². The molecule has 2 rings (SSSR count). The van der Waals surface area contributed by atoms with Crippen LogP contribution in [0, 0.1) is 5.41 Å². The van der Waals surface area contributed by atoms with Crippen molar-refractivity contribution < 1.29 is 0 Å². The van der Waals surface area contributed by atoms with Crippen LogP contribution < -0.4 is 10.9 Å². The SMILES string of the molecule is CC1CCC2(CCCC2)CC(C)NN1. The molecule has 0 aromatic carbocycles. The van der Waals surface area contributed by atoms with Gasteiger partial charge >= 0.3 is 0 Å². The molecule has 2 heteroatoms. The van der Waals surface area contributed by atoms with Gasteiger partial charge in [-0.05, 0) is 51.4 Å². The standard InChI is InChI=1S/C12H24N2/c1-10-5-8-12(6-3-4-7-12)9-11(2)14-13-10/h10-11,13-14H,3-9H2,1-2H3. The molecule has 1 aliphatic carbocycles. The van der Waals surface area contributed by atoms with Crippen molar-refractivity contribution >= 4 is 0 Å². The van der Waals surface area contributed by atoms with E-state index in [2.05, 4.69) is 24.7 Å². The second-order valence-electron chi connectivity index (χ2n) is 5.54. The summed E-state index contributed by atoms with van der Waals surface area (Å²) in [4.78, 5) is 0. The number of rotatable bonds is 0. The summed E-state index contributed by atoms with van der Waals surface area (Å²) < 4.78 is 0. The Kier molecular flexibility index (Phi) is 3.13. The minimum Gasteiger partial charge on any atom is -0.255 e. The summed E-state index contributed by atoms with van der Waals surface area (Å²) >= 11 is 0. The molecule has 1 saturated carbocycles. The van der Waals surface area contributed by atoms with E-state index in [1.807, 2.05) is 0 Å². The smallest absolute Gasteiger partial charge is 0.0190 e. The summed E-state index contributed by atoms with van der Waals surface area (Å²) in [6, 6.07) is 1.27. The van der Waals surface area contributed by atoms with E-state index >= 15 is 0 Å². The zero-order chi connectivity index (χ0) is 10.0. The third kappa shape index (κ3) is 2.29. The van der Waals surface area contributed by atoms with Crippen molar-refractivity contribution in [1.29, 1.82) is 0 Å². The third-order valence-electron chi connectivity index (χ3n) is 4.09. The molecule has 1 aliphatic heterocycles. The highest BCUT2D eigenvalue weighted by molar-refractivity contribution is 4.89. The molecule has 0 radical (unpaired) electrons. The topological polar surface area (TPSA) is 24.1 Å². The monoisotopic (exact) mass is 196 g/mol. The zero-order valence-corrected chi connectivity index (χ0v) is 9.60. The van der Waals surface area contributed by atoms with Gasteiger partial charge in [-0.2, -0.15) is 0 Å². The van der Waals surface area contributed by atoms with Crippen molar-refractivity contribution in [1.82, 2.24) is 10.9 Å². The fraction of sp³-hybridized carbons (Fsp3) is 1.00. The third-order valence-corrected chi connectivity index (χ3v) is 4.09. The van der Waals surface area contributed by atoms with Crippen molar-refractivity contribution in [3.63, 3.8) is 0 Å². The first-order chi connectivity index (χ1) is 6.70. The molecule has 0 bridgehead atoms. The average molecular weight is 196 g/mol. The molecule has 2 unspecified atom stereocenters. The van der Waals surface area contributed by atoms with Gasteiger partial charge in [0.1, 0.15) is 0 Å². The maximum Gasteiger partial charge on any atom is 0.0190 e. The van der Waals surface area contributed by atoms with Gasteiger partial charge in [-0.15, -0.1) is 0 Å². The van der Waals surface area contributed by atoms with Gasteiger partial charge in [0, 0.05) is 12.1 Å². The minimum atomic E-state index is 0.634. The van der Waals surface area contributed by atoms with Crippen molar-refractivity contribution in [2.75, 3.05) is 0 Å². The Morgan fingerprint density at radius 2 is 1.57 bits per heavy atom. The Labute approximate surface area is 87.8 Å². The first kappa shape index (κ1) is 10.4. The van der Waals surface area contributed by atoms with E-state index < -0.39 is 0 Å². The van der Waals surface area contributed by atoms with Gasteiger partial charge < -0.3 is 0 Å². The van der Waals surface area contributed by atoms with Crippen LogP contribution in [0.5, 0.6) is 0 Å². The van der Waals surface area contributed by atoms with Crippen molar-refractivity contribution in [2.24, 2.45) is 5.41 Å². The number of nitrogens with one attached hydrogen (secondary N) is 2. The van der Waals surface area contributed by atoms with Gasteiger partial charge in [0.15, 0.2) is 0 Å². The lowest BCUT2D eigenvalue weighted by atomic mass is 9.75. The van der Waals surface area contributed by atoms with E-state index in [9.17, 15) is 0 Å². The molecule has 2 nitrogen and oxygen atoms in total. The first-order valence-corrected chi connectivity index (χ1v) is 6.21. The molecule has 0 aromatic heterocycles. The van der Waals surface area contributed by atoms with Gasteiger partial charge in [-0.25, -0.2) is 0 Å². The largest absolute Gasteiger partial charge is 0.255 e. The Bertz CT molecular complexity index is 185. The molecule has 0 amide bonds. The number of hydrogen-bond donors (Lipinski definition) is 2. The molecule has 2 aliphatic rings. The number of hydrogen-bond acceptors (Lipinski definition) is 2. The van der Waals surface area contributed by atoms with E-state index in [1.165, 1.54) is 44.9 Å². The quantitative estimate of drug-likeness (QED) is 0.622. The van der Waals surface area contributed by atoms with Gasteiger partial charge in [0.05, 0.1) is 0 Å². The van der Waals surface area contributed by atoms with E-state index in [1.54, 1.807) is 0 Å². The summed E-state index contributed by atoms with van der Waals surface area (Å²) in [5, 5.41) is 0. The average Bonchev–Trinajstić information content (AvgIpc) is 2.59. The van der Waals surface area contributed by atoms with Gasteiger partial charge in [-0.1, -0.05) is 12.8 Å². The van der Waals surface area contributed by atoms with E-state index in [0.29, 0.717) is 17.5 Å². The van der Waals surface area contributed by atoms with Crippen LogP contribution in [0.4, 0.5) is 0 Å². The molecule has 1 saturated heterocycles. The van der Waals surface area contributed by atoms with Crippen LogP contribution in [0.15, 0.2) is 0 Å². The Morgan fingerprint density at radius 3 is 2.29 bits per heavy atom. The van der Waals surface area contributed by atoms with Gasteiger partial charge in [-0.3, -0.25) is 10.9 Å². The van der Waals surface area contributed by atoms with Gasteiger partial charge in [0.25, 0.3) is 0 Å². The fourth-order valence-corrected chi connectivity index (χ4v) is 3.26. The Balaban J connectivity index is 2.00. The molecule has 2 atom stereocenters. The van der Waals surface area contributed by atoms with Crippen molar-refractivity contribution in [3.8, 4) is 0 Å². The fourth-order valence-electron chi connectivity index (χ4n) is 3.26. The maximum atomic E-state index is 3.44. The highest BCUT2D eigenvalue weighted by atomic mass is 15.4. The molecule has 82 valence electrons. The van der Waals surface area contributed by atoms with Crippen LogP contribution in [0.1, 0.15) is 58.8 Å². The molecular weight excluding hydrogens is 172 g/mol. The van der Waals surface area contributed by atoms with Crippen LogP contribution in [0.3, 0.4) is 0 Å². The van der Waals surface area contributed by atoms with Crippen LogP contribution >= 0.6 is 0 Å². The van der Waals surface area contributed by atoms with E-state index in [-0.39, 0.29) is 0 Å². The zero-order valence-electron chi connectivity index (χ0n) is 9.60. The lowest BCUT2D eigenvalue weighted by Gasteiger charge is -2.36. The lowest BCUT2D eigenvalue weighted by Crippen LogP contribution is -2.48. The second kappa shape index (κ2) is 4.19. The molecule has 1 spiro atoms. The predicted octanol–water partition coefficient (Wildman–Crippen LogP) is 2.60. The van der Waals surface area contributed by atoms with E-state index in [4.69, 9.17) is 0 Å². The predicted molar refractivity (Wildman–Crippen MR) is 59.9 cm³/mol. The number of hydrazine groups is 1. The highest BCUT2D eigenvalue weighted by Crippen LogP contribution is 2.46. The molecule has 2 N–H and O–H groups in total. The summed E-state index contributed by atoms with van der Waals surface area (Å²) in [7, 11) is 0. The summed E-state index contributed by atoms with van der Waals surface area (Å²) in [5.74, 6) is 0. The lowest BCUT2D eigenvalue weighted by molar-refractivity contribution is 0.169. The maximum absolute atomic E-state index is 3.44. The summed E-state index contributed by atoms with van der Waals surface area (Å²) in [5.41, 5.74) is 7.52. The van der Waals surface area contributed by atoms with Gasteiger partial charge in [0.2, 0.25) is 0 Å². The molecule has 14 heavy (non-hydrogen) atoms. The molecular formula is C12H24N2. The van der Waals surface area contributed by atoms with Crippen molar-refractivity contribution in [2.45, 2.75) is 70.9 Å². The highest BCUT2D eigenvalue weighted by Gasteiger charge is 2.35. The van der Waals surface area contributed by atoms with Crippen LogP contribution in [-0.4, -0.2) is 12.1 Å². The van der Waals surface area contributed by atoms with Crippen LogP contribution in [0.25, 0.3) is 0 Å². The summed E-state index contributed by atoms with van der Waals surface area (Å²) in [6.45, 7) is 4.60. The van der Waals surface area contributed by atoms with E-state index in [0.717, 1.165) is 0 Å². The van der Waals surface area contributed by atoms with Crippen molar-refractivity contribution in [3.05, 3.63) is 0 Å². The molecule has 2 fully saturated rings. The Hall–Kier alpha value is -0.0800. The minimum absolute atomic E-state index is 0.634. The molecule has 0 aromatic rings. The Morgan fingerprint density at radius 1 is 0.929 bits per heavy atom. The normalized spacial score (nSPS) is 38.1. The summed E-state index contributed by atoms with van der Waals surface area (Å²) in [6.07, 6.45) is 10.0.